The average molecular weight is 332 g/mol. The molecule has 8 heteroatoms. The zero-order chi connectivity index (χ0) is 14.4. The number of nitro groups is 1. The quantitative estimate of drug-likeness (QED) is 0.358. The molecule has 19 heavy (non-hydrogen) atoms. The van der Waals surface area contributed by atoms with Crippen LogP contribution in [0.2, 0.25) is 0 Å². The molecule has 1 unspecified atom stereocenters. The summed E-state index contributed by atoms with van der Waals surface area (Å²) in [4.78, 5) is 21.8. The first-order valence-corrected chi connectivity index (χ1v) is 6.40. The van der Waals surface area contributed by atoms with Gasteiger partial charge in [0.1, 0.15) is 10.2 Å². The van der Waals surface area contributed by atoms with Gasteiger partial charge in [0.05, 0.1) is 4.92 Å². The van der Waals surface area contributed by atoms with E-state index < -0.39 is 16.9 Å². The Labute approximate surface area is 118 Å². The molecule has 0 saturated heterocycles. The van der Waals surface area contributed by atoms with Crippen molar-refractivity contribution in [2.75, 3.05) is 0 Å². The van der Waals surface area contributed by atoms with E-state index >= 15 is 0 Å². The van der Waals surface area contributed by atoms with Crippen molar-refractivity contribution in [2.24, 2.45) is 5.84 Å². The number of rotatable bonds is 6. The van der Waals surface area contributed by atoms with E-state index in [1.54, 1.807) is 6.07 Å². The Hall–Kier alpha value is -1.67. The molecule has 1 aromatic carbocycles. The van der Waals surface area contributed by atoms with Gasteiger partial charge in [0.2, 0.25) is 0 Å². The first-order valence-electron chi connectivity index (χ1n) is 5.61. The molecule has 0 radical (unpaired) electrons. The highest BCUT2D eigenvalue weighted by atomic mass is 79.9. The van der Waals surface area contributed by atoms with Gasteiger partial charge in [-0.25, -0.2) is 5.84 Å². The molecule has 1 amide bonds. The molecular weight excluding hydrogens is 318 g/mol. The van der Waals surface area contributed by atoms with Crippen LogP contribution < -0.4 is 16.0 Å². The maximum Gasteiger partial charge on any atom is 0.287 e. The lowest BCUT2D eigenvalue weighted by Crippen LogP contribution is -2.42. The SMILES string of the molecule is CCCC(Oc1cccc([N+](=O)[O-])c1Br)C(=O)NN. The summed E-state index contributed by atoms with van der Waals surface area (Å²) in [5.74, 6) is 4.83. The van der Waals surface area contributed by atoms with Crippen molar-refractivity contribution in [3.05, 3.63) is 32.8 Å². The van der Waals surface area contributed by atoms with Crippen molar-refractivity contribution in [1.82, 2.24) is 5.43 Å². The zero-order valence-corrected chi connectivity index (χ0v) is 11.8. The lowest BCUT2D eigenvalue weighted by atomic mass is 10.2. The molecule has 0 heterocycles. The van der Waals surface area contributed by atoms with Gasteiger partial charge >= 0.3 is 0 Å². The summed E-state index contributed by atoms with van der Waals surface area (Å²) in [6.45, 7) is 1.89. The van der Waals surface area contributed by atoms with Gasteiger partial charge < -0.3 is 4.74 Å². The van der Waals surface area contributed by atoms with E-state index in [1.807, 2.05) is 12.3 Å². The van der Waals surface area contributed by atoms with Crippen LogP contribution in [0.25, 0.3) is 0 Å². The molecule has 0 aliphatic carbocycles. The molecular formula is C11H14BrN3O4. The van der Waals surface area contributed by atoms with Crippen LogP contribution in [0.5, 0.6) is 5.75 Å². The van der Waals surface area contributed by atoms with E-state index in [2.05, 4.69) is 15.9 Å². The fraction of sp³-hybridized carbons (Fsp3) is 0.364. The van der Waals surface area contributed by atoms with Crippen molar-refractivity contribution in [3.8, 4) is 5.75 Å². The third kappa shape index (κ3) is 3.90. The molecule has 0 aliphatic rings. The van der Waals surface area contributed by atoms with Gasteiger partial charge in [-0.3, -0.25) is 20.3 Å². The number of hydrazine groups is 1. The van der Waals surface area contributed by atoms with E-state index in [9.17, 15) is 14.9 Å². The number of carbonyl (C=O) groups excluding carboxylic acids is 1. The number of nitro benzene ring substituents is 1. The van der Waals surface area contributed by atoms with Crippen molar-refractivity contribution in [2.45, 2.75) is 25.9 Å². The summed E-state index contributed by atoms with van der Waals surface area (Å²) < 4.78 is 5.69. The van der Waals surface area contributed by atoms with Crippen molar-refractivity contribution in [1.29, 1.82) is 0 Å². The highest BCUT2D eigenvalue weighted by Gasteiger charge is 2.22. The number of nitrogens with one attached hydrogen (secondary N) is 1. The first kappa shape index (κ1) is 15.4. The Morgan fingerprint density at radius 3 is 2.84 bits per heavy atom. The first-order chi connectivity index (χ1) is 9.01. The average Bonchev–Trinajstić information content (AvgIpc) is 2.39. The largest absolute Gasteiger partial charge is 0.479 e. The van der Waals surface area contributed by atoms with Crippen LogP contribution in [0.3, 0.4) is 0 Å². The highest BCUT2D eigenvalue weighted by molar-refractivity contribution is 9.10. The number of carbonyl (C=O) groups is 1. The molecule has 0 aromatic heterocycles. The maximum atomic E-state index is 11.5. The lowest BCUT2D eigenvalue weighted by molar-refractivity contribution is -0.385. The minimum atomic E-state index is -0.784. The predicted octanol–water partition coefficient (Wildman–Crippen LogP) is 1.89. The summed E-state index contributed by atoms with van der Waals surface area (Å²) in [5.41, 5.74) is 1.89. The van der Waals surface area contributed by atoms with Gasteiger partial charge in [-0.15, -0.1) is 0 Å². The monoisotopic (exact) mass is 331 g/mol. The summed E-state index contributed by atoms with van der Waals surface area (Å²) in [7, 11) is 0. The van der Waals surface area contributed by atoms with E-state index in [4.69, 9.17) is 10.6 Å². The number of halogens is 1. The van der Waals surface area contributed by atoms with E-state index in [-0.39, 0.29) is 15.9 Å². The number of nitrogens with two attached hydrogens (primary N) is 1. The second-order valence-electron chi connectivity index (χ2n) is 3.75. The lowest BCUT2D eigenvalue weighted by Gasteiger charge is -2.17. The van der Waals surface area contributed by atoms with Gasteiger partial charge in [0, 0.05) is 6.07 Å². The van der Waals surface area contributed by atoms with Crippen molar-refractivity contribution >= 4 is 27.5 Å². The topological polar surface area (TPSA) is 107 Å². The summed E-state index contributed by atoms with van der Waals surface area (Å²) in [5, 5.41) is 10.8. The Balaban J connectivity index is 2.99. The predicted molar refractivity (Wildman–Crippen MR) is 72.5 cm³/mol. The summed E-state index contributed by atoms with van der Waals surface area (Å²) >= 11 is 3.10. The van der Waals surface area contributed by atoms with Gasteiger partial charge in [-0.2, -0.15) is 0 Å². The third-order valence-corrected chi connectivity index (χ3v) is 3.19. The van der Waals surface area contributed by atoms with Crippen molar-refractivity contribution in [3.63, 3.8) is 0 Å². The smallest absolute Gasteiger partial charge is 0.287 e. The molecule has 0 fully saturated rings. The fourth-order valence-corrected chi connectivity index (χ4v) is 1.99. The van der Waals surface area contributed by atoms with E-state index in [0.717, 1.165) is 0 Å². The summed E-state index contributed by atoms with van der Waals surface area (Å²) in [6, 6.07) is 4.37. The summed E-state index contributed by atoms with van der Waals surface area (Å²) in [6.07, 6.45) is 0.385. The Kier molecular flexibility index (Phi) is 5.71. The fourth-order valence-electron chi connectivity index (χ4n) is 1.48. The molecule has 0 bridgehead atoms. The molecule has 104 valence electrons. The molecule has 1 atom stereocenters. The number of benzene rings is 1. The second-order valence-corrected chi connectivity index (χ2v) is 4.54. The number of amides is 1. The van der Waals surface area contributed by atoms with Crippen molar-refractivity contribution < 1.29 is 14.5 Å². The Bertz CT molecular complexity index is 481. The Morgan fingerprint density at radius 2 is 2.32 bits per heavy atom. The zero-order valence-electron chi connectivity index (χ0n) is 10.3. The van der Waals surface area contributed by atoms with E-state index in [0.29, 0.717) is 12.8 Å². The molecule has 7 nitrogen and oxygen atoms in total. The van der Waals surface area contributed by atoms with E-state index in [1.165, 1.54) is 12.1 Å². The second kappa shape index (κ2) is 7.05. The van der Waals surface area contributed by atoms with Crippen LogP contribution in [0.15, 0.2) is 22.7 Å². The molecule has 1 aromatic rings. The minimum absolute atomic E-state index is 0.124. The maximum absolute atomic E-state index is 11.5. The van der Waals surface area contributed by atoms with Crippen LogP contribution in [0, 0.1) is 10.1 Å². The molecule has 3 N–H and O–H groups in total. The Morgan fingerprint density at radius 1 is 1.63 bits per heavy atom. The van der Waals surface area contributed by atoms with Crippen LogP contribution in [0.1, 0.15) is 19.8 Å². The van der Waals surface area contributed by atoms with Crippen LogP contribution in [0.4, 0.5) is 5.69 Å². The van der Waals surface area contributed by atoms with Gasteiger partial charge in [-0.1, -0.05) is 19.4 Å². The van der Waals surface area contributed by atoms with Gasteiger partial charge in [0.15, 0.2) is 6.10 Å². The normalized spacial score (nSPS) is 11.7. The highest BCUT2D eigenvalue weighted by Crippen LogP contribution is 2.34. The molecule has 0 aliphatic heterocycles. The third-order valence-electron chi connectivity index (χ3n) is 2.39. The van der Waals surface area contributed by atoms with Gasteiger partial charge in [0.25, 0.3) is 11.6 Å². The number of ether oxygens (including phenoxy) is 1. The number of nitrogens with zero attached hydrogens (tertiary/aromatic N) is 1. The molecule has 0 saturated carbocycles. The van der Waals surface area contributed by atoms with Crippen LogP contribution >= 0.6 is 15.9 Å². The van der Waals surface area contributed by atoms with Gasteiger partial charge in [-0.05, 0) is 28.4 Å². The standard InChI is InChI=1S/C11H14BrN3O4/c1-2-4-9(11(16)14-13)19-8-6-3-5-7(10(8)12)15(17)18/h3,5-6,9H,2,4,13H2,1H3,(H,14,16). The molecule has 0 spiro atoms. The molecule has 1 rings (SSSR count). The number of hydrogen-bond donors (Lipinski definition) is 2. The number of hydrogen-bond acceptors (Lipinski definition) is 5. The minimum Gasteiger partial charge on any atom is -0.479 e. The van der Waals surface area contributed by atoms with Crippen LogP contribution in [-0.2, 0) is 4.79 Å². The van der Waals surface area contributed by atoms with Crippen LogP contribution in [-0.4, -0.2) is 16.9 Å².